The highest BCUT2D eigenvalue weighted by molar-refractivity contribution is 5.79. The molecule has 0 aliphatic carbocycles. The number of amides is 1. The van der Waals surface area contributed by atoms with Crippen molar-refractivity contribution in [2.45, 2.75) is 32.1 Å². The van der Waals surface area contributed by atoms with Gasteiger partial charge in [0.1, 0.15) is 0 Å². The summed E-state index contributed by atoms with van der Waals surface area (Å²) in [6, 6.07) is 15.8. The van der Waals surface area contributed by atoms with E-state index in [2.05, 4.69) is 29.2 Å². The molecule has 1 aliphatic rings. The molecule has 4 rings (SSSR count). The molecule has 0 saturated carbocycles. The van der Waals surface area contributed by atoms with Gasteiger partial charge < -0.3 is 18.9 Å². The smallest absolute Gasteiger partial charge is 0.232 e. The lowest BCUT2D eigenvalue weighted by Gasteiger charge is -2.15. The molecule has 0 spiro atoms. The van der Waals surface area contributed by atoms with Crippen LogP contribution in [-0.4, -0.2) is 47.8 Å². The van der Waals surface area contributed by atoms with Crippen LogP contribution in [0.5, 0.6) is 11.5 Å². The maximum atomic E-state index is 12.5. The van der Waals surface area contributed by atoms with E-state index in [4.69, 9.17) is 14.0 Å². The van der Waals surface area contributed by atoms with Crippen LogP contribution in [0.2, 0.25) is 0 Å². The maximum absolute atomic E-state index is 12.5. The molecule has 3 aromatic rings. The number of rotatable bonds is 9. The lowest BCUT2D eigenvalue weighted by Crippen LogP contribution is -2.27. The summed E-state index contributed by atoms with van der Waals surface area (Å²) in [5.41, 5.74) is 2.00. The van der Waals surface area contributed by atoms with Gasteiger partial charge >= 0.3 is 0 Å². The third kappa shape index (κ3) is 4.87. The highest BCUT2D eigenvalue weighted by Crippen LogP contribution is 2.33. The van der Waals surface area contributed by atoms with Crippen LogP contribution in [0.1, 0.15) is 37.1 Å². The molecule has 0 N–H and O–H groups in total. The van der Waals surface area contributed by atoms with Gasteiger partial charge in [-0.25, -0.2) is 0 Å². The summed E-state index contributed by atoms with van der Waals surface area (Å²) in [7, 11) is 1.60. The zero-order chi connectivity index (χ0) is 21.6. The number of ether oxygens (including phenoxy) is 2. The molecule has 1 atom stereocenters. The molecule has 0 radical (unpaired) electrons. The van der Waals surface area contributed by atoms with E-state index in [0.717, 1.165) is 18.4 Å². The number of carbonyl (C=O) groups excluding carboxylic acids is 1. The Bertz CT molecular complexity index is 1020. The van der Waals surface area contributed by atoms with Crippen LogP contribution in [-0.2, 0) is 11.2 Å². The average Bonchev–Trinajstić information content (AvgIpc) is 3.44. The largest absolute Gasteiger partial charge is 0.493 e. The van der Waals surface area contributed by atoms with Crippen LogP contribution < -0.4 is 9.47 Å². The van der Waals surface area contributed by atoms with Crippen LogP contribution in [0.3, 0.4) is 0 Å². The number of hydrogen-bond donors (Lipinski definition) is 0. The summed E-state index contributed by atoms with van der Waals surface area (Å²) in [5.74, 6) is 2.33. The molecule has 7 heteroatoms. The van der Waals surface area contributed by atoms with Gasteiger partial charge in [0, 0.05) is 25.1 Å². The van der Waals surface area contributed by atoms with Crippen molar-refractivity contribution in [2.24, 2.45) is 0 Å². The molecule has 7 nitrogen and oxygen atoms in total. The summed E-state index contributed by atoms with van der Waals surface area (Å²) in [6.07, 6.45) is 2.14. The monoisotopic (exact) mass is 421 g/mol. The Kier molecular flexibility index (Phi) is 6.50. The SMILES string of the molecule is CCCOc1ccc(-c2noc(C3CC(=O)N(CCc4ccccc4)C3)n2)cc1OC. The van der Waals surface area contributed by atoms with Crippen LogP contribution in [0.4, 0.5) is 0 Å². The van der Waals surface area contributed by atoms with Crippen LogP contribution in [0, 0.1) is 0 Å². The molecule has 31 heavy (non-hydrogen) atoms. The first kappa shape index (κ1) is 20.9. The van der Waals surface area contributed by atoms with E-state index < -0.39 is 0 Å². The molecule has 1 aromatic heterocycles. The minimum absolute atomic E-state index is 0.0846. The Labute approximate surface area is 182 Å². The number of benzene rings is 2. The quantitative estimate of drug-likeness (QED) is 0.518. The standard InChI is InChI=1S/C24H27N3O4/c1-3-13-30-20-10-9-18(14-21(20)29-2)23-25-24(31-26-23)19-15-22(28)27(16-19)12-11-17-7-5-4-6-8-17/h4-10,14,19H,3,11-13,15-16H2,1-2H3. The third-order valence-corrected chi connectivity index (χ3v) is 5.40. The molecular formula is C24H27N3O4. The highest BCUT2D eigenvalue weighted by Gasteiger charge is 2.34. The van der Waals surface area contributed by atoms with E-state index in [1.165, 1.54) is 5.56 Å². The number of hydrogen-bond acceptors (Lipinski definition) is 6. The van der Waals surface area contributed by atoms with Crippen molar-refractivity contribution in [3.05, 3.63) is 60.0 Å². The van der Waals surface area contributed by atoms with E-state index in [0.29, 0.717) is 49.3 Å². The molecule has 1 fully saturated rings. The Hall–Kier alpha value is -3.35. The van der Waals surface area contributed by atoms with E-state index in [-0.39, 0.29) is 11.8 Å². The molecule has 1 aliphatic heterocycles. The number of aromatic nitrogens is 2. The molecule has 1 unspecified atom stereocenters. The lowest BCUT2D eigenvalue weighted by atomic mass is 10.1. The molecular weight excluding hydrogens is 394 g/mol. The first-order valence-electron chi connectivity index (χ1n) is 10.6. The average molecular weight is 421 g/mol. The second kappa shape index (κ2) is 9.64. The van der Waals surface area contributed by atoms with Gasteiger partial charge in [-0.1, -0.05) is 42.4 Å². The van der Waals surface area contributed by atoms with Crippen molar-refractivity contribution in [3.63, 3.8) is 0 Å². The van der Waals surface area contributed by atoms with E-state index in [1.54, 1.807) is 7.11 Å². The van der Waals surface area contributed by atoms with Crippen molar-refractivity contribution in [1.82, 2.24) is 15.0 Å². The zero-order valence-electron chi connectivity index (χ0n) is 17.9. The Balaban J connectivity index is 1.42. The lowest BCUT2D eigenvalue weighted by molar-refractivity contribution is -0.127. The van der Waals surface area contributed by atoms with Crippen molar-refractivity contribution < 1.29 is 18.8 Å². The molecule has 162 valence electrons. The Morgan fingerprint density at radius 3 is 2.77 bits per heavy atom. The van der Waals surface area contributed by atoms with Gasteiger partial charge in [-0.15, -0.1) is 0 Å². The van der Waals surface area contributed by atoms with E-state index >= 15 is 0 Å². The van der Waals surface area contributed by atoms with Gasteiger partial charge in [0.05, 0.1) is 19.6 Å². The van der Waals surface area contributed by atoms with Crippen LogP contribution in [0.15, 0.2) is 53.1 Å². The van der Waals surface area contributed by atoms with Crippen molar-refractivity contribution >= 4 is 5.91 Å². The maximum Gasteiger partial charge on any atom is 0.232 e. The van der Waals surface area contributed by atoms with E-state index in [1.807, 2.05) is 41.3 Å². The van der Waals surface area contributed by atoms with Gasteiger partial charge in [-0.05, 0) is 36.6 Å². The minimum atomic E-state index is -0.0846. The second-order valence-corrected chi connectivity index (χ2v) is 7.65. The minimum Gasteiger partial charge on any atom is -0.493 e. The van der Waals surface area contributed by atoms with E-state index in [9.17, 15) is 4.79 Å². The summed E-state index contributed by atoms with van der Waals surface area (Å²) in [5, 5.41) is 4.13. The Morgan fingerprint density at radius 2 is 2.00 bits per heavy atom. The predicted molar refractivity (Wildman–Crippen MR) is 116 cm³/mol. The van der Waals surface area contributed by atoms with Crippen LogP contribution >= 0.6 is 0 Å². The fourth-order valence-corrected chi connectivity index (χ4v) is 3.72. The molecule has 1 amide bonds. The fraction of sp³-hybridized carbons (Fsp3) is 0.375. The summed E-state index contributed by atoms with van der Waals surface area (Å²) in [4.78, 5) is 18.9. The van der Waals surface area contributed by atoms with Crippen molar-refractivity contribution in [2.75, 3.05) is 26.8 Å². The second-order valence-electron chi connectivity index (χ2n) is 7.65. The number of methoxy groups -OCH3 is 1. The molecule has 0 bridgehead atoms. The molecule has 2 heterocycles. The molecule has 2 aromatic carbocycles. The zero-order valence-corrected chi connectivity index (χ0v) is 17.9. The number of likely N-dealkylation sites (tertiary alicyclic amines) is 1. The van der Waals surface area contributed by atoms with Gasteiger partial charge in [-0.3, -0.25) is 4.79 Å². The van der Waals surface area contributed by atoms with Gasteiger partial charge in [-0.2, -0.15) is 4.98 Å². The third-order valence-electron chi connectivity index (χ3n) is 5.40. The topological polar surface area (TPSA) is 77.7 Å². The van der Waals surface area contributed by atoms with Gasteiger partial charge in [0.25, 0.3) is 0 Å². The summed E-state index contributed by atoms with van der Waals surface area (Å²) >= 11 is 0. The van der Waals surface area contributed by atoms with Crippen molar-refractivity contribution in [3.8, 4) is 22.9 Å². The van der Waals surface area contributed by atoms with Gasteiger partial charge in [0.15, 0.2) is 11.5 Å². The number of carbonyl (C=O) groups is 1. The first-order valence-corrected chi connectivity index (χ1v) is 10.6. The first-order chi connectivity index (χ1) is 15.2. The highest BCUT2D eigenvalue weighted by atomic mass is 16.5. The fourth-order valence-electron chi connectivity index (χ4n) is 3.72. The van der Waals surface area contributed by atoms with Crippen LogP contribution in [0.25, 0.3) is 11.4 Å². The predicted octanol–water partition coefficient (Wildman–Crippen LogP) is 4.09. The normalized spacial score (nSPS) is 16.0. The summed E-state index contributed by atoms with van der Waals surface area (Å²) in [6.45, 7) is 3.97. The van der Waals surface area contributed by atoms with Gasteiger partial charge in [0.2, 0.25) is 17.6 Å². The molecule has 1 saturated heterocycles. The van der Waals surface area contributed by atoms with Crippen molar-refractivity contribution in [1.29, 1.82) is 0 Å². The number of nitrogens with zero attached hydrogens (tertiary/aromatic N) is 3. The summed E-state index contributed by atoms with van der Waals surface area (Å²) < 4.78 is 16.7. The Morgan fingerprint density at radius 1 is 1.16 bits per heavy atom.